The molecule has 0 fully saturated rings. The maximum absolute atomic E-state index is 12.7. The minimum Gasteiger partial charge on any atom is -0.489 e. The molecule has 0 saturated heterocycles. The third-order valence-electron chi connectivity index (χ3n) is 4.40. The molecule has 3 aromatic carbocycles. The van der Waals surface area contributed by atoms with Crippen LogP contribution >= 0.6 is 0 Å². The minimum atomic E-state index is -0.106. The van der Waals surface area contributed by atoms with Crippen molar-refractivity contribution in [3.05, 3.63) is 101 Å². The first kappa shape index (κ1) is 16.2. The number of benzene rings is 3. The van der Waals surface area contributed by atoms with Crippen molar-refractivity contribution in [3.63, 3.8) is 0 Å². The quantitative estimate of drug-likeness (QED) is 0.446. The lowest BCUT2D eigenvalue weighted by molar-refractivity contribution is 0.101. The fourth-order valence-corrected chi connectivity index (χ4v) is 2.97. The molecule has 0 aliphatic heterocycles. The van der Waals surface area contributed by atoms with Crippen molar-refractivity contribution < 1.29 is 13.9 Å². The zero-order valence-corrected chi connectivity index (χ0v) is 14.4. The minimum absolute atomic E-state index is 0.106. The second-order valence-electron chi connectivity index (χ2n) is 6.18. The van der Waals surface area contributed by atoms with Gasteiger partial charge in [-0.25, -0.2) is 0 Å². The van der Waals surface area contributed by atoms with Crippen LogP contribution in [0.5, 0.6) is 5.75 Å². The van der Waals surface area contributed by atoms with Gasteiger partial charge in [-0.05, 0) is 30.7 Å². The van der Waals surface area contributed by atoms with Gasteiger partial charge in [0.15, 0.2) is 5.76 Å². The summed E-state index contributed by atoms with van der Waals surface area (Å²) in [7, 11) is 0. The van der Waals surface area contributed by atoms with E-state index in [-0.39, 0.29) is 5.78 Å². The zero-order chi connectivity index (χ0) is 17.9. The molecule has 3 heteroatoms. The van der Waals surface area contributed by atoms with E-state index in [2.05, 4.69) is 0 Å². The van der Waals surface area contributed by atoms with E-state index in [9.17, 15) is 4.79 Å². The fraction of sp³-hybridized carbons (Fsp3) is 0.0870. The highest BCUT2D eigenvalue weighted by molar-refractivity contribution is 6.10. The van der Waals surface area contributed by atoms with Gasteiger partial charge in [-0.2, -0.15) is 0 Å². The van der Waals surface area contributed by atoms with Gasteiger partial charge in [-0.1, -0.05) is 60.7 Å². The molecule has 128 valence electrons. The molecule has 0 spiro atoms. The number of ether oxygens (including phenoxy) is 1. The Morgan fingerprint density at radius 3 is 2.35 bits per heavy atom. The summed E-state index contributed by atoms with van der Waals surface area (Å²) >= 11 is 0. The van der Waals surface area contributed by atoms with Crippen molar-refractivity contribution in [2.75, 3.05) is 0 Å². The van der Waals surface area contributed by atoms with E-state index in [1.54, 1.807) is 12.1 Å². The average Bonchev–Trinajstić information content (AvgIpc) is 3.03. The summed E-state index contributed by atoms with van der Waals surface area (Å²) in [5.41, 5.74) is 3.25. The maximum atomic E-state index is 12.7. The lowest BCUT2D eigenvalue weighted by Gasteiger charge is -2.06. The zero-order valence-electron chi connectivity index (χ0n) is 14.4. The van der Waals surface area contributed by atoms with Crippen molar-refractivity contribution >= 4 is 16.8 Å². The highest BCUT2D eigenvalue weighted by Crippen LogP contribution is 2.30. The van der Waals surface area contributed by atoms with Gasteiger partial charge in [-0.3, -0.25) is 4.79 Å². The van der Waals surface area contributed by atoms with Gasteiger partial charge < -0.3 is 9.15 Å². The smallest absolute Gasteiger partial charge is 0.228 e. The molecule has 0 aliphatic carbocycles. The number of fused-ring (bicyclic) bond motifs is 1. The molecule has 26 heavy (non-hydrogen) atoms. The van der Waals surface area contributed by atoms with Crippen LogP contribution in [0, 0.1) is 6.92 Å². The Kier molecular flexibility index (Phi) is 4.28. The molecule has 0 saturated carbocycles. The number of rotatable bonds is 5. The van der Waals surface area contributed by atoms with E-state index in [0.29, 0.717) is 23.5 Å². The monoisotopic (exact) mass is 342 g/mol. The summed E-state index contributed by atoms with van der Waals surface area (Å²) < 4.78 is 11.7. The molecule has 4 aromatic rings. The summed E-state index contributed by atoms with van der Waals surface area (Å²) in [5.74, 6) is 1.03. The number of furan rings is 1. The lowest BCUT2D eigenvalue weighted by atomic mass is 10.0. The number of carbonyl (C=O) groups is 1. The summed E-state index contributed by atoms with van der Waals surface area (Å²) in [6, 6.07) is 24.8. The number of ketones is 1. The second kappa shape index (κ2) is 6.89. The predicted octanol–water partition coefficient (Wildman–Crippen LogP) is 5.55. The van der Waals surface area contributed by atoms with Gasteiger partial charge in [0.2, 0.25) is 5.78 Å². The van der Waals surface area contributed by atoms with Crippen molar-refractivity contribution in [2.45, 2.75) is 13.5 Å². The van der Waals surface area contributed by atoms with Crippen LogP contribution in [0.25, 0.3) is 11.0 Å². The van der Waals surface area contributed by atoms with E-state index in [1.165, 1.54) is 0 Å². The summed E-state index contributed by atoms with van der Waals surface area (Å²) in [6.07, 6.45) is 0. The maximum Gasteiger partial charge on any atom is 0.228 e. The summed E-state index contributed by atoms with van der Waals surface area (Å²) in [6.45, 7) is 2.40. The van der Waals surface area contributed by atoms with Crippen LogP contribution in [0.3, 0.4) is 0 Å². The van der Waals surface area contributed by atoms with Crippen LogP contribution in [0.15, 0.2) is 83.3 Å². The molecule has 0 unspecified atom stereocenters. The molecule has 0 N–H and O–H groups in total. The van der Waals surface area contributed by atoms with Gasteiger partial charge >= 0.3 is 0 Å². The Bertz CT molecular complexity index is 1050. The Labute approximate surface area is 151 Å². The largest absolute Gasteiger partial charge is 0.489 e. The first-order valence-electron chi connectivity index (χ1n) is 8.52. The van der Waals surface area contributed by atoms with Gasteiger partial charge in [-0.15, -0.1) is 0 Å². The molecule has 1 heterocycles. The third kappa shape index (κ3) is 3.11. The van der Waals surface area contributed by atoms with Crippen LogP contribution < -0.4 is 4.74 Å². The Morgan fingerprint density at radius 2 is 1.62 bits per heavy atom. The first-order valence-corrected chi connectivity index (χ1v) is 8.52. The molecule has 1 aromatic heterocycles. The van der Waals surface area contributed by atoms with Crippen molar-refractivity contribution in [1.29, 1.82) is 0 Å². The number of carbonyl (C=O) groups excluding carboxylic acids is 1. The van der Waals surface area contributed by atoms with Crippen LogP contribution in [0.2, 0.25) is 0 Å². The Balaban J connectivity index is 1.62. The summed E-state index contributed by atoms with van der Waals surface area (Å²) in [5, 5.41) is 0.898. The second-order valence-corrected chi connectivity index (χ2v) is 6.18. The van der Waals surface area contributed by atoms with E-state index in [4.69, 9.17) is 9.15 Å². The van der Waals surface area contributed by atoms with Gasteiger partial charge in [0.1, 0.15) is 17.9 Å². The molecule has 0 amide bonds. The fourth-order valence-electron chi connectivity index (χ4n) is 2.97. The number of aryl methyl sites for hydroxylation is 1. The average molecular weight is 342 g/mol. The topological polar surface area (TPSA) is 39.4 Å². The molecule has 0 atom stereocenters. The van der Waals surface area contributed by atoms with E-state index >= 15 is 0 Å². The van der Waals surface area contributed by atoms with Crippen LogP contribution in [0.1, 0.15) is 27.2 Å². The standard InChI is InChI=1S/C23H18O3/c1-16-20-14-19(25-15-17-8-4-2-5-9-17)12-13-21(20)26-23(16)22(24)18-10-6-3-7-11-18/h2-14H,15H2,1H3. The van der Waals surface area contributed by atoms with Crippen molar-refractivity contribution in [2.24, 2.45) is 0 Å². The highest BCUT2D eigenvalue weighted by atomic mass is 16.5. The molecule has 4 rings (SSSR count). The van der Waals surface area contributed by atoms with E-state index in [1.807, 2.05) is 73.7 Å². The molecular weight excluding hydrogens is 324 g/mol. The molecular formula is C23H18O3. The molecule has 0 radical (unpaired) electrons. The SMILES string of the molecule is Cc1c(C(=O)c2ccccc2)oc2ccc(OCc3ccccc3)cc12. The van der Waals surface area contributed by atoms with Crippen molar-refractivity contribution in [3.8, 4) is 5.75 Å². The first-order chi connectivity index (χ1) is 12.7. The van der Waals surface area contributed by atoms with Gasteiger partial charge in [0.05, 0.1) is 0 Å². The van der Waals surface area contributed by atoms with Crippen LogP contribution in [0.4, 0.5) is 0 Å². The highest BCUT2D eigenvalue weighted by Gasteiger charge is 2.19. The number of hydrogen-bond acceptors (Lipinski definition) is 3. The third-order valence-corrected chi connectivity index (χ3v) is 4.40. The number of hydrogen-bond donors (Lipinski definition) is 0. The van der Waals surface area contributed by atoms with Crippen LogP contribution in [-0.2, 0) is 6.61 Å². The Hall–Kier alpha value is -3.33. The Morgan fingerprint density at radius 1 is 0.923 bits per heavy atom. The van der Waals surface area contributed by atoms with Crippen LogP contribution in [-0.4, -0.2) is 5.78 Å². The van der Waals surface area contributed by atoms with Gasteiger partial charge in [0.25, 0.3) is 0 Å². The molecule has 3 nitrogen and oxygen atoms in total. The predicted molar refractivity (Wildman–Crippen MR) is 102 cm³/mol. The molecule has 0 bridgehead atoms. The van der Waals surface area contributed by atoms with E-state index < -0.39 is 0 Å². The normalized spacial score (nSPS) is 10.8. The molecule has 0 aliphatic rings. The van der Waals surface area contributed by atoms with Gasteiger partial charge in [0, 0.05) is 16.5 Å². The lowest BCUT2D eigenvalue weighted by Crippen LogP contribution is -2.00. The summed E-state index contributed by atoms with van der Waals surface area (Å²) in [4.78, 5) is 12.7. The van der Waals surface area contributed by atoms with Crippen molar-refractivity contribution in [1.82, 2.24) is 0 Å². The van der Waals surface area contributed by atoms with E-state index in [0.717, 1.165) is 22.3 Å².